The molecule has 4 heterocycles. The number of fused-ring (bicyclic) bond motifs is 13. The minimum Gasteiger partial charge on any atom is -0.455 e. The van der Waals surface area contributed by atoms with E-state index in [-0.39, 0.29) is 0 Å². The number of hydrogen-bond acceptors (Lipinski definition) is 2. The molecule has 0 unspecified atom stereocenters. The van der Waals surface area contributed by atoms with E-state index in [0.717, 1.165) is 44.0 Å². The molecule has 242 valence electrons. The molecule has 12 aromatic rings. The molecule has 52 heavy (non-hydrogen) atoms. The smallest absolute Gasteiger partial charge is 0.145 e. The van der Waals surface area contributed by atoms with Crippen molar-refractivity contribution in [3.8, 4) is 22.5 Å². The lowest BCUT2D eigenvalue weighted by molar-refractivity contribution is 0.673. The number of nitrogens with zero attached hydrogens (tertiary/aromatic N) is 2. The number of rotatable bonds is 3. The van der Waals surface area contributed by atoms with Crippen LogP contribution >= 0.6 is 11.3 Å². The largest absolute Gasteiger partial charge is 0.455 e. The van der Waals surface area contributed by atoms with Crippen molar-refractivity contribution in [2.45, 2.75) is 0 Å². The lowest BCUT2D eigenvalue weighted by Gasteiger charge is -2.12. The second-order valence-electron chi connectivity index (χ2n) is 13.7. The van der Waals surface area contributed by atoms with Gasteiger partial charge in [-0.15, -0.1) is 11.3 Å². The predicted octanol–water partition coefficient (Wildman–Crippen LogP) is 13.8. The van der Waals surface area contributed by atoms with Crippen molar-refractivity contribution >= 4 is 97.1 Å². The van der Waals surface area contributed by atoms with Gasteiger partial charge in [-0.1, -0.05) is 103 Å². The first-order valence-electron chi connectivity index (χ1n) is 17.7. The summed E-state index contributed by atoms with van der Waals surface area (Å²) in [6.07, 6.45) is 0. The minimum atomic E-state index is 0.900. The Kier molecular flexibility index (Phi) is 5.65. The van der Waals surface area contributed by atoms with E-state index in [1.54, 1.807) is 0 Å². The maximum atomic E-state index is 6.85. The Morgan fingerprint density at radius 1 is 0.404 bits per heavy atom. The molecule has 4 aromatic heterocycles. The summed E-state index contributed by atoms with van der Waals surface area (Å²) >= 11 is 1.87. The second-order valence-corrected chi connectivity index (χ2v) is 14.7. The molecule has 0 aliphatic heterocycles. The second kappa shape index (κ2) is 10.5. The van der Waals surface area contributed by atoms with Gasteiger partial charge in [-0.2, -0.15) is 0 Å². The van der Waals surface area contributed by atoms with Gasteiger partial charge >= 0.3 is 0 Å². The fraction of sp³-hybridized carbons (Fsp3) is 0. The fourth-order valence-corrected chi connectivity index (χ4v) is 9.85. The molecule has 0 aliphatic carbocycles. The van der Waals surface area contributed by atoms with E-state index in [2.05, 4.69) is 179 Å². The van der Waals surface area contributed by atoms with Crippen molar-refractivity contribution in [3.63, 3.8) is 0 Å². The lowest BCUT2D eigenvalue weighted by atomic mass is 10.0. The van der Waals surface area contributed by atoms with Crippen LogP contribution in [0.1, 0.15) is 0 Å². The number of thiophene rings is 1. The van der Waals surface area contributed by atoms with Crippen molar-refractivity contribution in [2.75, 3.05) is 0 Å². The van der Waals surface area contributed by atoms with Crippen LogP contribution in [-0.2, 0) is 0 Å². The lowest BCUT2D eigenvalue weighted by Crippen LogP contribution is -1.97. The standard InChI is InChI=1S/C48H28N2OS/c1-2-11-29(12-3-1)30-21-26-44-38(27-30)35-24-25-41-46(47(35)51-44)37-23-22-31(49-39-17-7-4-13-32(39)33-14-5-8-18-40(33)49)28-43(37)50(41)42-19-10-16-36-34-15-6-9-20-45(34)52-48(36)42/h1-28H. The van der Waals surface area contributed by atoms with Gasteiger partial charge < -0.3 is 13.6 Å². The molecule has 12 rings (SSSR count). The summed E-state index contributed by atoms with van der Waals surface area (Å²) in [7, 11) is 0. The molecule has 4 heteroatoms. The van der Waals surface area contributed by atoms with Crippen molar-refractivity contribution in [1.82, 2.24) is 9.13 Å². The summed E-state index contributed by atoms with van der Waals surface area (Å²) in [5.41, 5.74) is 11.2. The molecule has 0 fully saturated rings. The van der Waals surface area contributed by atoms with Crippen LogP contribution in [0.2, 0.25) is 0 Å². The van der Waals surface area contributed by atoms with Crippen molar-refractivity contribution in [3.05, 3.63) is 170 Å². The Bertz CT molecular complexity index is 3360. The van der Waals surface area contributed by atoms with E-state index >= 15 is 0 Å². The Hall–Kier alpha value is -6.62. The van der Waals surface area contributed by atoms with Crippen LogP contribution in [0.15, 0.2) is 174 Å². The fourth-order valence-electron chi connectivity index (χ4n) is 8.64. The third kappa shape index (κ3) is 3.79. The van der Waals surface area contributed by atoms with Gasteiger partial charge in [0.1, 0.15) is 11.2 Å². The summed E-state index contributed by atoms with van der Waals surface area (Å²) in [5.74, 6) is 0. The van der Waals surface area contributed by atoms with E-state index in [1.165, 1.54) is 64.2 Å². The molecule has 3 nitrogen and oxygen atoms in total. The Morgan fingerprint density at radius 3 is 1.94 bits per heavy atom. The first-order chi connectivity index (χ1) is 25.8. The molecular formula is C48H28N2OS. The van der Waals surface area contributed by atoms with E-state index in [1.807, 2.05) is 11.3 Å². The Labute approximate surface area is 301 Å². The van der Waals surface area contributed by atoms with E-state index in [4.69, 9.17) is 4.42 Å². The molecule has 0 amide bonds. The summed E-state index contributed by atoms with van der Waals surface area (Å²) in [4.78, 5) is 0. The molecule has 8 aromatic carbocycles. The normalized spacial score (nSPS) is 12.2. The average Bonchev–Trinajstić information content (AvgIpc) is 3.95. The van der Waals surface area contributed by atoms with Crippen LogP contribution in [0, 0.1) is 0 Å². The minimum absolute atomic E-state index is 0.900. The summed E-state index contributed by atoms with van der Waals surface area (Å²) in [5, 5.41) is 9.66. The summed E-state index contributed by atoms with van der Waals surface area (Å²) in [6, 6.07) is 61.6. The van der Waals surface area contributed by atoms with Gasteiger partial charge in [0, 0.05) is 48.1 Å². The molecule has 0 bridgehead atoms. The highest BCUT2D eigenvalue weighted by atomic mass is 32.1. The van der Waals surface area contributed by atoms with E-state index in [0.29, 0.717) is 0 Å². The van der Waals surface area contributed by atoms with Crippen molar-refractivity contribution < 1.29 is 4.42 Å². The molecular weight excluding hydrogens is 653 g/mol. The van der Waals surface area contributed by atoms with Gasteiger partial charge in [-0.05, 0) is 77.9 Å². The van der Waals surface area contributed by atoms with Crippen LogP contribution in [0.4, 0.5) is 0 Å². The van der Waals surface area contributed by atoms with E-state index < -0.39 is 0 Å². The van der Waals surface area contributed by atoms with Crippen LogP contribution in [0.5, 0.6) is 0 Å². The van der Waals surface area contributed by atoms with Crippen LogP contribution in [0.25, 0.3) is 108 Å². The van der Waals surface area contributed by atoms with Crippen molar-refractivity contribution in [2.24, 2.45) is 0 Å². The molecule has 0 spiro atoms. The Balaban J connectivity index is 1.21. The third-order valence-corrected chi connectivity index (χ3v) is 12.1. The molecule has 0 aliphatic rings. The van der Waals surface area contributed by atoms with Crippen LogP contribution in [-0.4, -0.2) is 9.13 Å². The number of furan rings is 1. The SMILES string of the molecule is c1ccc(-c2ccc3oc4c(ccc5c4c4ccc(-n6c7ccccc7c7ccccc76)cc4n5-c4cccc5c4sc4ccccc45)c3c2)cc1. The van der Waals surface area contributed by atoms with Crippen LogP contribution in [0.3, 0.4) is 0 Å². The van der Waals surface area contributed by atoms with Gasteiger partial charge in [-0.3, -0.25) is 0 Å². The average molecular weight is 681 g/mol. The van der Waals surface area contributed by atoms with Gasteiger partial charge in [0.05, 0.1) is 37.8 Å². The zero-order valence-corrected chi connectivity index (χ0v) is 28.7. The molecule has 0 atom stereocenters. The van der Waals surface area contributed by atoms with Crippen LogP contribution < -0.4 is 0 Å². The van der Waals surface area contributed by atoms with E-state index in [9.17, 15) is 0 Å². The summed E-state index contributed by atoms with van der Waals surface area (Å²) in [6.45, 7) is 0. The van der Waals surface area contributed by atoms with Gasteiger partial charge in [0.25, 0.3) is 0 Å². The zero-order valence-electron chi connectivity index (χ0n) is 27.9. The Morgan fingerprint density at radius 2 is 1.12 bits per heavy atom. The molecule has 0 N–H and O–H groups in total. The molecule has 0 radical (unpaired) electrons. The number of benzene rings is 8. The van der Waals surface area contributed by atoms with Gasteiger partial charge in [-0.25, -0.2) is 0 Å². The maximum Gasteiger partial charge on any atom is 0.145 e. The number of hydrogen-bond donors (Lipinski definition) is 0. The number of para-hydroxylation sites is 2. The van der Waals surface area contributed by atoms with Gasteiger partial charge in [0.2, 0.25) is 0 Å². The predicted molar refractivity (Wildman–Crippen MR) is 221 cm³/mol. The van der Waals surface area contributed by atoms with Gasteiger partial charge in [0.15, 0.2) is 0 Å². The highest BCUT2D eigenvalue weighted by Gasteiger charge is 2.22. The van der Waals surface area contributed by atoms with Crippen molar-refractivity contribution in [1.29, 1.82) is 0 Å². The first kappa shape index (κ1) is 28.1. The quantitative estimate of drug-likeness (QED) is 0.182. The third-order valence-electron chi connectivity index (χ3n) is 10.9. The molecule has 0 saturated carbocycles. The maximum absolute atomic E-state index is 6.85. The first-order valence-corrected chi connectivity index (χ1v) is 18.5. The summed E-state index contributed by atoms with van der Waals surface area (Å²) < 4.78 is 14.3. The highest BCUT2D eigenvalue weighted by molar-refractivity contribution is 7.26. The zero-order chi connectivity index (χ0) is 33.9. The topological polar surface area (TPSA) is 23.0 Å². The highest BCUT2D eigenvalue weighted by Crippen LogP contribution is 2.45. The molecule has 0 saturated heterocycles. The number of aromatic nitrogens is 2. The monoisotopic (exact) mass is 680 g/mol.